The highest BCUT2D eigenvalue weighted by Gasteiger charge is 2.26. The Morgan fingerprint density at radius 2 is 1.83 bits per heavy atom. The topological polar surface area (TPSA) is 101 Å². The number of sulfonamides is 1. The lowest BCUT2D eigenvalue weighted by Gasteiger charge is -2.32. The van der Waals surface area contributed by atoms with Gasteiger partial charge in [-0.25, -0.2) is 13.1 Å². The first-order valence-electron chi connectivity index (χ1n) is 10.3. The molecule has 0 aliphatic carbocycles. The van der Waals surface area contributed by atoms with Crippen LogP contribution in [0.5, 0.6) is 0 Å². The Bertz CT molecular complexity index is 1020. The van der Waals surface area contributed by atoms with E-state index in [1.165, 1.54) is 0 Å². The predicted molar refractivity (Wildman–Crippen MR) is 117 cm³/mol. The van der Waals surface area contributed by atoms with Crippen LogP contribution in [0.3, 0.4) is 0 Å². The fourth-order valence-electron chi connectivity index (χ4n) is 3.88. The molecule has 164 valence electrons. The van der Waals surface area contributed by atoms with E-state index in [0.29, 0.717) is 18.7 Å². The number of likely N-dealkylation sites (tertiary alicyclic amines) is 1. The molecule has 0 bridgehead atoms. The van der Waals surface area contributed by atoms with E-state index >= 15 is 0 Å². The van der Waals surface area contributed by atoms with Gasteiger partial charge in [-0.05, 0) is 32.8 Å². The average molecular weight is 435 g/mol. The summed E-state index contributed by atoms with van der Waals surface area (Å²) >= 11 is 0. The van der Waals surface area contributed by atoms with Crippen molar-refractivity contribution >= 4 is 32.6 Å². The minimum Gasteiger partial charge on any atom is -0.346 e. The van der Waals surface area contributed by atoms with Gasteiger partial charge in [-0.15, -0.1) is 0 Å². The molecular formula is C21H30N4O4S. The largest absolute Gasteiger partial charge is 0.346 e. The minimum absolute atomic E-state index is 0.0565. The standard InChI is InChI=1S/C21H30N4O4S/c1-15(2)25-14-18(17-6-4-5-7-19(17)25)20(26)21(27)23-16-8-11-24(12-9-16)13-10-22-30(3,28)29/h4-7,14-16,22H,8-13H2,1-3H3,(H,23,27). The fraction of sp³-hybridized carbons (Fsp3) is 0.524. The van der Waals surface area contributed by atoms with Crippen LogP contribution in [0.2, 0.25) is 0 Å². The molecule has 9 heteroatoms. The zero-order chi connectivity index (χ0) is 21.9. The van der Waals surface area contributed by atoms with Crippen molar-refractivity contribution in [2.75, 3.05) is 32.4 Å². The monoisotopic (exact) mass is 434 g/mol. The molecule has 0 saturated carbocycles. The zero-order valence-electron chi connectivity index (χ0n) is 17.7. The Balaban J connectivity index is 1.57. The van der Waals surface area contributed by atoms with Gasteiger partial charge < -0.3 is 14.8 Å². The lowest BCUT2D eigenvalue weighted by atomic mass is 10.0. The fourth-order valence-corrected chi connectivity index (χ4v) is 4.34. The van der Waals surface area contributed by atoms with E-state index in [9.17, 15) is 18.0 Å². The van der Waals surface area contributed by atoms with Crippen LogP contribution in [-0.2, 0) is 14.8 Å². The van der Waals surface area contributed by atoms with Crippen molar-refractivity contribution in [3.63, 3.8) is 0 Å². The van der Waals surface area contributed by atoms with Crippen LogP contribution in [0, 0.1) is 0 Å². The summed E-state index contributed by atoms with van der Waals surface area (Å²) in [6, 6.07) is 7.75. The lowest BCUT2D eigenvalue weighted by Crippen LogP contribution is -2.47. The third-order valence-electron chi connectivity index (χ3n) is 5.46. The molecule has 1 aliphatic heterocycles. The van der Waals surface area contributed by atoms with Crippen molar-refractivity contribution in [2.45, 2.75) is 38.8 Å². The minimum atomic E-state index is -3.18. The Morgan fingerprint density at radius 3 is 2.47 bits per heavy atom. The molecule has 0 spiro atoms. The summed E-state index contributed by atoms with van der Waals surface area (Å²) in [7, 11) is -3.18. The van der Waals surface area contributed by atoms with Crippen LogP contribution in [0.1, 0.15) is 43.1 Å². The van der Waals surface area contributed by atoms with Gasteiger partial charge in [-0.2, -0.15) is 0 Å². The molecule has 2 heterocycles. The molecule has 1 aromatic carbocycles. The Kier molecular flexibility index (Phi) is 6.95. The van der Waals surface area contributed by atoms with Gasteiger partial charge in [0.2, 0.25) is 10.0 Å². The number of rotatable bonds is 8. The van der Waals surface area contributed by atoms with E-state index < -0.39 is 21.7 Å². The molecule has 1 amide bonds. The maximum absolute atomic E-state index is 12.9. The second kappa shape index (κ2) is 9.28. The lowest BCUT2D eigenvalue weighted by molar-refractivity contribution is -0.117. The highest BCUT2D eigenvalue weighted by atomic mass is 32.2. The van der Waals surface area contributed by atoms with Gasteiger partial charge in [0.1, 0.15) is 0 Å². The van der Waals surface area contributed by atoms with E-state index in [4.69, 9.17) is 0 Å². The normalized spacial score (nSPS) is 16.3. The van der Waals surface area contributed by atoms with Gasteiger partial charge in [-0.3, -0.25) is 9.59 Å². The third kappa shape index (κ3) is 5.47. The van der Waals surface area contributed by atoms with Crippen LogP contribution in [0.4, 0.5) is 0 Å². The van der Waals surface area contributed by atoms with Crippen molar-refractivity contribution in [1.29, 1.82) is 0 Å². The van der Waals surface area contributed by atoms with Crippen molar-refractivity contribution in [3.8, 4) is 0 Å². The molecule has 2 aromatic rings. The van der Waals surface area contributed by atoms with Crippen LogP contribution in [0.15, 0.2) is 30.5 Å². The first kappa shape index (κ1) is 22.5. The summed E-state index contributed by atoms with van der Waals surface area (Å²) in [5, 5.41) is 3.68. The van der Waals surface area contributed by atoms with Gasteiger partial charge in [0.05, 0.1) is 11.8 Å². The second-order valence-electron chi connectivity index (χ2n) is 8.15. The second-order valence-corrected chi connectivity index (χ2v) is 9.98. The van der Waals surface area contributed by atoms with Gasteiger partial charge >= 0.3 is 0 Å². The quantitative estimate of drug-likeness (QED) is 0.485. The highest BCUT2D eigenvalue weighted by Crippen LogP contribution is 2.25. The van der Waals surface area contributed by atoms with Crippen LogP contribution < -0.4 is 10.0 Å². The van der Waals surface area contributed by atoms with Crippen LogP contribution in [-0.4, -0.2) is 68.1 Å². The number of Topliss-reactive ketones (excluding diaryl/α,β-unsaturated/α-hetero) is 1. The number of nitrogens with one attached hydrogen (secondary N) is 2. The molecule has 30 heavy (non-hydrogen) atoms. The number of hydrogen-bond donors (Lipinski definition) is 2. The van der Waals surface area contributed by atoms with E-state index in [2.05, 4.69) is 14.9 Å². The molecule has 1 aromatic heterocycles. The molecule has 3 rings (SSSR count). The Labute approximate surface area is 177 Å². The SMILES string of the molecule is CC(C)n1cc(C(=O)C(=O)NC2CCN(CCNS(C)(=O)=O)CC2)c2ccccc21. The number of aromatic nitrogens is 1. The van der Waals surface area contributed by atoms with Crippen molar-refractivity contribution in [1.82, 2.24) is 19.5 Å². The number of carbonyl (C=O) groups excluding carboxylic acids is 2. The molecular weight excluding hydrogens is 404 g/mol. The predicted octanol–water partition coefficient (Wildman–Crippen LogP) is 1.53. The molecule has 1 aliphatic rings. The van der Waals surface area contributed by atoms with Crippen LogP contribution >= 0.6 is 0 Å². The highest BCUT2D eigenvalue weighted by molar-refractivity contribution is 7.88. The maximum atomic E-state index is 12.9. The van der Waals surface area contributed by atoms with Gasteiger partial charge in [0.25, 0.3) is 11.7 Å². The molecule has 0 unspecified atom stereocenters. The smallest absolute Gasteiger partial charge is 0.292 e. The van der Waals surface area contributed by atoms with Crippen molar-refractivity contribution in [3.05, 3.63) is 36.0 Å². The number of fused-ring (bicyclic) bond motifs is 1. The number of nitrogens with zero attached hydrogens (tertiary/aromatic N) is 2. The molecule has 0 atom stereocenters. The zero-order valence-corrected chi connectivity index (χ0v) is 18.5. The summed E-state index contributed by atoms with van der Waals surface area (Å²) in [5.74, 6) is -1.08. The van der Waals surface area contributed by atoms with E-state index in [1.54, 1.807) is 6.20 Å². The van der Waals surface area contributed by atoms with Gasteiger partial charge in [0, 0.05) is 55.4 Å². The Morgan fingerprint density at radius 1 is 1.17 bits per heavy atom. The first-order chi connectivity index (χ1) is 14.2. The first-order valence-corrected chi connectivity index (χ1v) is 12.2. The Hall–Kier alpha value is -2.23. The molecule has 1 saturated heterocycles. The van der Waals surface area contributed by atoms with Gasteiger partial charge in [-0.1, -0.05) is 18.2 Å². The molecule has 8 nitrogen and oxygen atoms in total. The maximum Gasteiger partial charge on any atom is 0.292 e. The number of amides is 1. The summed E-state index contributed by atoms with van der Waals surface area (Å²) in [6.45, 7) is 6.57. The van der Waals surface area contributed by atoms with E-state index in [1.807, 2.05) is 42.7 Å². The summed E-state index contributed by atoms with van der Waals surface area (Å²) < 4.78 is 26.8. The molecule has 2 N–H and O–H groups in total. The van der Waals surface area contributed by atoms with Crippen molar-refractivity contribution in [2.24, 2.45) is 0 Å². The third-order valence-corrected chi connectivity index (χ3v) is 6.19. The average Bonchev–Trinajstić information content (AvgIpc) is 3.08. The summed E-state index contributed by atoms with van der Waals surface area (Å²) in [4.78, 5) is 27.7. The number of piperidine rings is 1. The number of benzene rings is 1. The number of para-hydroxylation sites is 1. The number of hydrogen-bond acceptors (Lipinski definition) is 5. The van der Waals surface area contributed by atoms with Crippen LogP contribution in [0.25, 0.3) is 10.9 Å². The molecule has 0 radical (unpaired) electrons. The van der Waals surface area contributed by atoms with Gasteiger partial charge in [0.15, 0.2) is 0 Å². The number of carbonyl (C=O) groups is 2. The molecule has 1 fully saturated rings. The number of ketones is 1. The summed E-state index contributed by atoms with van der Waals surface area (Å²) in [6.07, 6.45) is 4.37. The van der Waals surface area contributed by atoms with Crippen molar-refractivity contribution < 1.29 is 18.0 Å². The van der Waals surface area contributed by atoms with E-state index in [-0.39, 0.29) is 12.1 Å². The summed E-state index contributed by atoms with van der Waals surface area (Å²) in [5.41, 5.74) is 1.38. The van der Waals surface area contributed by atoms with E-state index in [0.717, 1.165) is 43.1 Å².